The summed E-state index contributed by atoms with van der Waals surface area (Å²) < 4.78 is 24.9. The molecule has 0 radical (unpaired) electrons. The van der Waals surface area contributed by atoms with Gasteiger partial charge in [0.15, 0.2) is 0 Å². The Morgan fingerprint density at radius 1 is 1.14 bits per heavy atom. The molecule has 3 aromatic rings. The van der Waals surface area contributed by atoms with Crippen molar-refractivity contribution in [2.24, 2.45) is 5.14 Å². The van der Waals surface area contributed by atoms with Crippen LogP contribution in [0.1, 0.15) is 38.3 Å². The van der Waals surface area contributed by atoms with Gasteiger partial charge in [0.25, 0.3) is 0 Å². The minimum absolute atomic E-state index is 0.0521. The van der Waals surface area contributed by atoms with Gasteiger partial charge in [0.2, 0.25) is 16.0 Å². The second-order valence-electron chi connectivity index (χ2n) is 6.74. The van der Waals surface area contributed by atoms with E-state index in [9.17, 15) is 8.42 Å². The topological polar surface area (TPSA) is 116 Å². The highest BCUT2D eigenvalue weighted by atomic mass is 32.2. The standard InChI is InChI=1S/C19H24N6O2S/c1-5-17-22-13(4)18(25(17)12(2)3)16-10-11-21-19(24-16)23-14-6-8-15(9-7-14)28(20,26)27/h6-12H,5H2,1-4H3,(H2,20,26,27)(H,21,23,24). The molecule has 9 heteroatoms. The maximum Gasteiger partial charge on any atom is 0.238 e. The molecule has 1 aromatic carbocycles. The van der Waals surface area contributed by atoms with Crippen LogP contribution in [0.5, 0.6) is 0 Å². The lowest BCUT2D eigenvalue weighted by molar-refractivity contribution is 0.576. The minimum Gasteiger partial charge on any atom is -0.324 e. The van der Waals surface area contributed by atoms with Crippen LogP contribution in [0.4, 0.5) is 11.6 Å². The summed E-state index contributed by atoms with van der Waals surface area (Å²) >= 11 is 0. The van der Waals surface area contributed by atoms with Crippen LogP contribution in [0.15, 0.2) is 41.4 Å². The van der Waals surface area contributed by atoms with Gasteiger partial charge in [-0.3, -0.25) is 0 Å². The molecule has 3 rings (SSSR count). The van der Waals surface area contributed by atoms with Gasteiger partial charge >= 0.3 is 0 Å². The third-order valence-electron chi connectivity index (χ3n) is 4.33. The number of rotatable bonds is 6. The molecule has 0 spiro atoms. The number of imidazole rings is 1. The molecule has 28 heavy (non-hydrogen) atoms. The molecular formula is C19H24N6O2S. The van der Waals surface area contributed by atoms with Gasteiger partial charge in [-0.25, -0.2) is 28.5 Å². The molecule has 0 amide bonds. The maximum atomic E-state index is 11.4. The highest BCUT2D eigenvalue weighted by Gasteiger charge is 2.18. The Kier molecular flexibility index (Phi) is 5.48. The third kappa shape index (κ3) is 4.05. The van der Waals surface area contributed by atoms with E-state index in [-0.39, 0.29) is 10.9 Å². The fraction of sp³-hybridized carbons (Fsp3) is 0.316. The lowest BCUT2D eigenvalue weighted by Crippen LogP contribution is -2.11. The fourth-order valence-electron chi connectivity index (χ4n) is 3.13. The Bertz CT molecular complexity index is 1090. The predicted molar refractivity (Wildman–Crippen MR) is 109 cm³/mol. The molecule has 2 heterocycles. The summed E-state index contributed by atoms with van der Waals surface area (Å²) in [7, 11) is -3.72. The van der Waals surface area contributed by atoms with E-state index in [1.165, 1.54) is 12.1 Å². The average molecular weight is 401 g/mol. The smallest absolute Gasteiger partial charge is 0.238 e. The van der Waals surface area contributed by atoms with Crippen molar-refractivity contribution in [1.82, 2.24) is 19.5 Å². The van der Waals surface area contributed by atoms with Crippen molar-refractivity contribution in [1.29, 1.82) is 0 Å². The number of hydrogen-bond acceptors (Lipinski definition) is 6. The van der Waals surface area contributed by atoms with Gasteiger partial charge in [0.1, 0.15) is 5.82 Å². The molecule has 0 saturated carbocycles. The monoisotopic (exact) mass is 400 g/mol. The van der Waals surface area contributed by atoms with Gasteiger partial charge in [-0.15, -0.1) is 0 Å². The average Bonchev–Trinajstić information content (AvgIpc) is 2.98. The number of aromatic nitrogens is 4. The zero-order valence-electron chi connectivity index (χ0n) is 16.3. The van der Waals surface area contributed by atoms with Crippen LogP contribution in [0.25, 0.3) is 11.4 Å². The Morgan fingerprint density at radius 2 is 1.82 bits per heavy atom. The third-order valence-corrected chi connectivity index (χ3v) is 5.26. The predicted octanol–water partition coefficient (Wildman–Crippen LogP) is 3.18. The van der Waals surface area contributed by atoms with Crippen LogP contribution in [0.3, 0.4) is 0 Å². The molecule has 3 N–H and O–H groups in total. The molecular weight excluding hydrogens is 376 g/mol. The first-order valence-electron chi connectivity index (χ1n) is 9.01. The van der Waals surface area contributed by atoms with Crippen LogP contribution in [-0.4, -0.2) is 27.9 Å². The number of aryl methyl sites for hydroxylation is 2. The molecule has 8 nitrogen and oxygen atoms in total. The number of sulfonamides is 1. The Balaban J connectivity index is 1.95. The van der Waals surface area contributed by atoms with E-state index >= 15 is 0 Å². The maximum absolute atomic E-state index is 11.4. The van der Waals surface area contributed by atoms with Crippen molar-refractivity contribution in [2.45, 2.75) is 45.1 Å². The number of nitrogens with one attached hydrogen (secondary N) is 1. The first-order chi connectivity index (χ1) is 13.2. The van der Waals surface area contributed by atoms with Crippen molar-refractivity contribution in [2.75, 3.05) is 5.32 Å². The van der Waals surface area contributed by atoms with Crippen LogP contribution >= 0.6 is 0 Å². The summed E-state index contributed by atoms with van der Waals surface area (Å²) in [5, 5.41) is 8.22. The number of benzene rings is 1. The van der Waals surface area contributed by atoms with E-state index in [1.807, 2.05) is 13.0 Å². The molecule has 2 aromatic heterocycles. The summed E-state index contributed by atoms with van der Waals surface area (Å²) in [6.07, 6.45) is 2.53. The van der Waals surface area contributed by atoms with E-state index < -0.39 is 10.0 Å². The Labute approximate surface area is 164 Å². The van der Waals surface area contributed by atoms with Gasteiger partial charge in [-0.05, 0) is 51.1 Å². The minimum atomic E-state index is -3.72. The van der Waals surface area contributed by atoms with Crippen LogP contribution in [0, 0.1) is 6.92 Å². The SMILES string of the molecule is CCc1nc(C)c(-c2ccnc(Nc3ccc(S(N)(=O)=O)cc3)n2)n1C(C)C. The normalized spacial score (nSPS) is 11.8. The summed E-state index contributed by atoms with van der Waals surface area (Å²) in [5.74, 6) is 1.43. The van der Waals surface area contributed by atoms with Crippen LogP contribution in [0.2, 0.25) is 0 Å². The number of hydrogen-bond donors (Lipinski definition) is 2. The molecule has 0 unspecified atom stereocenters. The van der Waals surface area contributed by atoms with E-state index in [0.29, 0.717) is 11.6 Å². The Hall–Kier alpha value is -2.78. The zero-order valence-corrected chi connectivity index (χ0v) is 17.2. The van der Waals surface area contributed by atoms with E-state index in [4.69, 9.17) is 5.14 Å². The van der Waals surface area contributed by atoms with Gasteiger partial charge in [-0.2, -0.15) is 0 Å². The lowest BCUT2D eigenvalue weighted by atomic mass is 10.2. The summed E-state index contributed by atoms with van der Waals surface area (Å²) in [5.41, 5.74) is 3.33. The quantitative estimate of drug-likeness (QED) is 0.656. The van der Waals surface area contributed by atoms with Crippen LogP contribution < -0.4 is 10.5 Å². The largest absolute Gasteiger partial charge is 0.324 e. The second kappa shape index (κ2) is 7.69. The number of primary sulfonamides is 1. The number of nitrogens with two attached hydrogens (primary N) is 1. The van der Waals surface area contributed by atoms with Crippen LogP contribution in [-0.2, 0) is 16.4 Å². The first-order valence-corrected chi connectivity index (χ1v) is 10.6. The molecule has 0 aliphatic heterocycles. The summed E-state index contributed by atoms with van der Waals surface area (Å²) in [6, 6.07) is 8.23. The van der Waals surface area contributed by atoms with Crippen molar-refractivity contribution in [3.63, 3.8) is 0 Å². The van der Waals surface area contributed by atoms with Crippen molar-refractivity contribution >= 4 is 21.7 Å². The zero-order chi connectivity index (χ0) is 20.5. The van der Waals surface area contributed by atoms with Gasteiger partial charge in [0.05, 0.1) is 22.0 Å². The lowest BCUT2D eigenvalue weighted by Gasteiger charge is -2.15. The molecule has 0 aliphatic rings. The molecule has 0 saturated heterocycles. The highest BCUT2D eigenvalue weighted by molar-refractivity contribution is 7.89. The van der Waals surface area contributed by atoms with Crippen molar-refractivity contribution < 1.29 is 8.42 Å². The van der Waals surface area contributed by atoms with E-state index in [0.717, 1.165) is 29.3 Å². The van der Waals surface area contributed by atoms with Gasteiger partial charge in [-0.1, -0.05) is 6.92 Å². The molecule has 0 bridgehead atoms. The molecule has 0 fully saturated rings. The summed E-state index contributed by atoms with van der Waals surface area (Å²) in [6.45, 7) is 8.31. The van der Waals surface area contributed by atoms with Crippen molar-refractivity contribution in [3.05, 3.63) is 48.0 Å². The number of nitrogens with zero attached hydrogens (tertiary/aromatic N) is 4. The highest BCUT2D eigenvalue weighted by Crippen LogP contribution is 2.28. The molecule has 148 valence electrons. The molecule has 0 atom stereocenters. The van der Waals surface area contributed by atoms with Gasteiger partial charge in [0, 0.05) is 24.3 Å². The first kappa shape index (κ1) is 20.0. The van der Waals surface area contributed by atoms with Crippen molar-refractivity contribution in [3.8, 4) is 11.4 Å². The number of anilines is 2. The summed E-state index contributed by atoms with van der Waals surface area (Å²) in [4.78, 5) is 13.6. The van der Waals surface area contributed by atoms with Gasteiger partial charge < -0.3 is 9.88 Å². The second-order valence-corrected chi connectivity index (χ2v) is 8.30. The van der Waals surface area contributed by atoms with E-state index in [2.05, 4.69) is 45.6 Å². The van der Waals surface area contributed by atoms with E-state index in [1.54, 1.807) is 18.3 Å². The molecule has 0 aliphatic carbocycles. The fourth-order valence-corrected chi connectivity index (χ4v) is 3.64. The Morgan fingerprint density at radius 3 is 2.39 bits per heavy atom.